The van der Waals surface area contributed by atoms with E-state index in [4.69, 9.17) is 21.8 Å². The highest BCUT2D eigenvalue weighted by molar-refractivity contribution is 6.31. The summed E-state index contributed by atoms with van der Waals surface area (Å²) >= 11 is 6.08. The first-order valence-corrected chi connectivity index (χ1v) is 6.33. The van der Waals surface area contributed by atoms with Crippen molar-refractivity contribution in [1.82, 2.24) is 5.32 Å². The molecule has 4 nitrogen and oxygen atoms in total. The molecule has 3 N–H and O–H groups in total. The van der Waals surface area contributed by atoms with Gasteiger partial charge < -0.3 is 15.5 Å². The van der Waals surface area contributed by atoms with Gasteiger partial charge >= 0.3 is 0 Å². The molecule has 0 saturated heterocycles. The lowest BCUT2D eigenvalue weighted by atomic mass is 10.1. The summed E-state index contributed by atoms with van der Waals surface area (Å²) in [5.74, 6) is 0.544. The van der Waals surface area contributed by atoms with Crippen LogP contribution in [0.1, 0.15) is 34.8 Å². The molecule has 1 heterocycles. The number of benzene rings is 1. The van der Waals surface area contributed by atoms with Crippen LogP contribution in [0.3, 0.4) is 0 Å². The van der Waals surface area contributed by atoms with Gasteiger partial charge in [0.25, 0.3) is 5.91 Å². The fourth-order valence-corrected chi connectivity index (χ4v) is 2.08. The molecule has 1 amide bonds. The van der Waals surface area contributed by atoms with Gasteiger partial charge in [-0.2, -0.15) is 0 Å². The fourth-order valence-electron chi connectivity index (χ4n) is 1.78. The average Bonchev–Trinajstić information content (AvgIpc) is 2.88. The topological polar surface area (TPSA) is 68.3 Å². The predicted molar refractivity (Wildman–Crippen MR) is 73.9 cm³/mol. The molecule has 0 radical (unpaired) electrons. The van der Waals surface area contributed by atoms with E-state index in [0.29, 0.717) is 10.8 Å². The summed E-state index contributed by atoms with van der Waals surface area (Å²) in [6, 6.07) is 10.5. The zero-order chi connectivity index (χ0) is 13.8. The summed E-state index contributed by atoms with van der Waals surface area (Å²) in [6.07, 6.45) is 0. The Morgan fingerprint density at radius 2 is 2.11 bits per heavy atom. The second-order valence-corrected chi connectivity index (χ2v) is 4.59. The molecule has 0 spiro atoms. The van der Waals surface area contributed by atoms with Crippen LogP contribution >= 0.6 is 11.6 Å². The Balaban J connectivity index is 2.08. The van der Waals surface area contributed by atoms with Crippen LogP contribution in [-0.2, 0) is 6.54 Å². The van der Waals surface area contributed by atoms with Crippen LogP contribution < -0.4 is 11.1 Å². The van der Waals surface area contributed by atoms with Crippen molar-refractivity contribution >= 4 is 17.5 Å². The number of amides is 1. The van der Waals surface area contributed by atoms with Crippen LogP contribution in [0, 0.1) is 0 Å². The Kier molecular flexibility index (Phi) is 4.24. The van der Waals surface area contributed by atoms with Crippen molar-refractivity contribution < 1.29 is 9.21 Å². The van der Waals surface area contributed by atoms with Crippen LogP contribution in [0.15, 0.2) is 40.8 Å². The number of furan rings is 1. The van der Waals surface area contributed by atoms with E-state index < -0.39 is 0 Å². The largest absolute Gasteiger partial charge is 0.455 e. The van der Waals surface area contributed by atoms with Gasteiger partial charge in [0.05, 0.1) is 12.6 Å². The van der Waals surface area contributed by atoms with E-state index >= 15 is 0 Å². The van der Waals surface area contributed by atoms with Crippen molar-refractivity contribution in [3.05, 3.63) is 58.5 Å². The first-order valence-electron chi connectivity index (χ1n) is 5.96. The number of hydrogen-bond acceptors (Lipinski definition) is 3. The average molecular weight is 279 g/mol. The maximum Gasteiger partial charge on any atom is 0.287 e. The molecule has 0 aliphatic rings. The molecule has 2 rings (SSSR count). The summed E-state index contributed by atoms with van der Waals surface area (Å²) in [5, 5.41) is 3.46. The minimum atomic E-state index is -0.285. The van der Waals surface area contributed by atoms with Gasteiger partial charge in [-0.05, 0) is 30.7 Å². The Morgan fingerprint density at radius 1 is 1.37 bits per heavy atom. The van der Waals surface area contributed by atoms with Gasteiger partial charge in [-0.3, -0.25) is 4.79 Å². The minimum absolute atomic E-state index is 0.201. The summed E-state index contributed by atoms with van der Waals surface area (Å²) in [5.41, 5.74) is 6.30. The molecule has 1 atom stereocenters. The number of halogens is 1. The second kappa shape index (κ2) is 5.91. The maximum absolute atomic E-state index is 12.0. The monoisotopic (exact) mass is 278 g/mol. The molecule has 0 saturated carbocycles. The standard InChI is InChI=1S/C14H15ClN2O2/c1-9(11-4-2-3-5-12(11)15)17-14(18)13-7-6-10(8-16)19-13/h2-7,9H,8,16H2,1H3,(H,17,18)/t9-/m0/s1. The maximum atomic E-state index is 12.0. The molecular weight excluding hydrogens is 264 g/mol. The van der Waals surface area contributed by atoms with Crippen LogP contribution in [0.5, 0.6) is 0 Å². The molecule has 1 aromatic carbocycles. The molecule has 1 aromatic heterocycles. The minimum Gasteiger partial charge on any atom is -0.455 e. The van der Waals surface area contributed by atoms with E-state index in [0.717, 1.165) is 5.56 Å². The third-order valence-electron chi connectivity index (χ3n) is 2.81. The number of carbonyl (C=O) groups excluding carboxylic acids is 1. The van der Waals surface area contributed by atoms with Crippen molar-refractivity contribution in [3.63, 3.8) is 0 Å². The smallest absolute Gasteiger partial charge is 0.287 e. The highest BCUT2D eigenvalue weighted by atomic mass is 35.5. The van der Waals surface area contributed by atoms with Gasteiger partial charge in [0.15, 0.2) is 5.76 Å². The second-order valence-electron chi connectivity index (χ2n) is 4.19. The quantitative estimate of drug-likeness (QED) is 0.903. The van der Waals surface area contributed by atoms with Gasteiger partial charge in [-0.1, -0.05) is 29.8 Å². The molecular formula is C14H15ClN2O2. The molecule has 0 aliphatic heterocycles. The van der Waals surface area contributed by atoms with Crippen LogP contribution in [-0.4, -0.2) is 5.91 Å². The van der Waals surface area contributed by atoms with Crippen molar-refractivity contribution in [1.29, 1.82) is 0 Å². The van der Waals surface area contributed by atoms with Crippen LogP contribution in [0.25, 0.3) is 0 Å². The van der Waals surface area contributed by atoms with Gasteiger partial charge in [0, 0.05) is 5.02 Å². The zero-order valence-electron chi connectivity index (χ0n) is 10.5. The van der Waals surface area contributed by atoms with E-state index in [-0.39, 0.29) is 24.3 Å². The molecule has 0 unspecified atom stereocenters. The number of nitrogens with one attached hydrogen (secondary N) is 1. The van der Waals surface area contributed by atoms with Crippen LogP contribution in [0.2, 0.25) is 5.02 Å². The molecule has 2 aromatic rings. The summed E-state index contributed by atoms with van der Waals surface area (Å²) in [4.78, 5) is 12.0. The molecule has 0 fully saturated rings. The number of carbonyl (C=O) groups is 1. The lowest BCUT2D eigenvalue weighted by Gasteiger charge is -2.14. The Morgan fingerprint density at radius 3 is 2.74 bits per heavy atom. The lowest BCUT2D eigenvalue weighted by Crippen LogP contribution is -2.26. The predicted octanol–water partition coefficient (Wildman–Crippen LogP) is 2.88. The third kappa shape index (κ3) is 3.16. The molecule has 100 valence electrons. The van der Waals surface area contributed by atoms with Gasteiger partial charge in [0.1, 0.15) is 5.76 Å². The fraction of sp³-hybridized carbons (Fsp3) is 0.214. The van der Waals surface area contributed by atoms with E-state index in [9.17, 15) is 4.79 Å². The van der Waals surface area contributed by atoms with E-state index in [1.165, 1.54) is 0 Å². The highest BCUT2D eigenvalue weighted by Gasteiger charge is 2.16. The van der Waals surface area contributed by atoms with E-state index in [2.05, 4.69) is 5.32 Å². The first-order chi connectivity index (χ1) is 9.11. The van der Waals surface area contributed by atoms with Crippen molar-refractivity contribution in [2.75, 3.05) is 0 Å². The number of rotatable bonds is 4. The summed E-state index contributed by atoms with van der Waals surface area (Å²) in [6.45, 7) is 2.14. The first kappa shape index (κ1) is 13.6. The molecule has 19 heavy (non-hydrogen) atoms. The van der Waals surface area contributed by atoms with Gasteiger partial charge in [-0.25, -0.2) is 0 Å². The highest BCUT2D eigenvalue weighted by Crippen LogP contribution is 2.22. The molecule has 0 bridgehead atoms. The van der Waals surface area contributed by atoms with Crippen molar-refractivity contribution in [2.24, 2.45) is 5.73 Å². The summed E-state index contributed by atoms with van der Waals surface area (Å²) in [7, 11) is 0. The Bertz CT molecular complexity index is 580. The normalized spacial score (nSPS) is 12.2. The lowest BCUT2D eigenvalue weighted by molar-refractivity contribution is 0.0910. The van der Waals surface area contributed by atoms with Gasteiger partial charge in [0.2, 0.25) is 0 Å². The third-order valence-corrected chi connectivity index (χ3v) is 3.15. The Labute approximate surface area is 116 Å². The van der Waals surface area contributed by atoms with Crippen molar-refractivity contribution in [3.8, 4) is 0 Å². The summed E-state index contributed by atoms with van der Waals surface area (Å²) < 4.78 is 5.29. The zero-order valence-corrected chi connectivity index (χ0v) is 11.3. The molecule has 5 heteroatoms. The van der Waals surface area contributed by atoms with Gasteiger partial charge in [-0.15, -0.1) is 0 Å². The Hall–Kier alpha value is -1.78. The number of hydrogen-bond donors (Lipinski definition) is 2. The van der Waals surface area contributed by atoms with E-state index in [1.54, 1.807) is 18.2 Å². The van der Waals surface area contributed by atoms with E-state index in [1.807, 2.05) is 25.1 Å². The molecule has 0 aliphatic carbocycles. The SMILES string of the molecule is C[C@H](NC(=O)c1ccc(CN)o1)c1ccccc1Cl. The number of nitrogens with two attached hydrogens (primary N) is 1. The van der Waals surface area contributed by atoms with Crippen molar-refractivity contribution in [2.45, 2.75) is 19.5 Å². The van der Waals surface area contributed by atoms with Crippen LogP contribution in [0.4, 0.5) is 0 Å².